The fourth-order valence-electron chi connectivity index (χ4n) is 0.951. The Balaban J connectivity index is 3.37. The van der Waals surface area contributed by atoms with Crippen LogP contribution >= 0.6 is 0 Å². The number of nitrogen functional groups attached to an aromatic ring is 2. The summed E-state index contributed by atoms with van der Waals surface area (Å²) in [5, 5.41) is 9.08. The van der Waals surface area contributed by atoms with Gasteiger partial charge in [0.2, 0.25) is 0 Å². The second-order valence-corrected chi connectivity index (χ2v) is 2.55. The maximum Gasteiger partial charge on any atom is 0.162 e. The molecule has 0 unspecified atom stereocenters. The van der Waals surface area contributed by atoms with Crippen LogP contribution < -0.4 is 11.5 Å². The lowest BCUT2D eigenvalue weighted by atomic mass is 10.1. The summed E-state index contributed by atoms with van der Waals surface area (Å²) in [4.78, 5) is 10.9. The first-order chi connectivity index (χ1) is 5.52. The molecule has 4 nitrogen and oxygen atoms in total. The van der Waals surface area contributed by atoms with Crippen LogP contribution in [0.2, 0.25) is 0 Å². The number of phenolic OH excluding ortho intramolecular Hbond substituents is 1. The second-order valence-electron chi connectivity index (χ2n) is 2.55. The van der Waals surface area contributed by atoms with Gasteiger partial charge in [-0.2, -0.15) is 0 Å². The molecule has 1 aromatic rings. The van der Waals surface area contributed by atoms with Crippen LogP contribution in [0.15, 0.2) is 12.1 Å². The largest absolute Gasteiger partial charge is 0.508 e. The highest BCUT2D eigenvalue weighted by atomic mass is 16.3. The number of benzene rings is 1. The zero-order chi connectivity index (χ0) is 9.30. The molecule has 0 aliphatic rings. The number of Topliss-reactive ketones (excluding diaryl/α,β-unsaturated/α-hetero) is 1. The molecule has 64 valence electrons. The number of anilines is 2. The smallest absolute Gasteiger partial charge is 0.162 e. The van der Waals surface area contributed by atoms with Crippen LogP contribution in [-0.4, -0.2) is 10.9 Å². The van der Waals surface area contributed by atoms with Crippen LogP contribution in [0.4, 0.5) is 11.4 Å². The van der Waals surface area contributed by atoms with Gasteiger partial charge in [-0.15, -0.1) is 0 Å². The van der Waals surface area contributed by atoms with Crippen LogP contribution in [0.3, 0.4) is 0 Å². The maximum atomic E-state index is 10.9. The third-order valence-corrected chi connectivity index (χ3v) is 1.58. The Labute approximate surface area is 69.8 Å². The molecule has 0 saturated heterocycles. The highest BCUT2D eigenvalue weighted by molar-refractivity contribution is 6.02. The first kappa shape index (κ1) is 8.39. The van der Waals surface area contributed by atoms with Gasteiger partial charge in [0.05, 0.1) is 11.4 Å². The fourth-order valence-corrected chi connectivity index (χ4v) is 0.951. The molecular formula is C8H10N2O2. The molecule has 0 aliphatic carbocycles. The number of ketones is 1. The third-order valence-electron chi connectivity index (χ3n) is 1.58. The van der Waals surface area contributed by atoms with Gasteiger partial charge in [-0.1, -0.05) is 0 Å². The standard InChI is InChI=1S/C8H10N2O2/c1-4(11)6-2-5(12)3-7(9)8(6)10/h2-3,12H,9-10H2,1H3. The Morgan fingerprint density at radius 1 is 1.42 bits per heavy atom. The maximum absolute atomic E-state index is 10.9. The average Bonchev–Trinajstić information content (AvgIpc) is 1.96. The average molecular weight is 166 g/mol. The molecule has 4 heteroatoms. The summed E-state index contributed by atoms with van der Waals surface area (Å²) in [6.45, 7) is 1.37. The fraction of sp³-hybridized carbons (Fsp3) is 0.125. The number of carbonyl (C=O) groups is 1. The van der Waals surface area contributed by atoms with Crippen LogP contribution in [0.5, 0.6) is 5.75 Å². The van der Waals surface area contributed by atoms with Gasteiger partial charge in [-0.05, 0) is 13.0 Å². The first-order valence-electron chi connectivity index (χ1n) is 3.41. The lowest BCUT2D eigenvalue weighted by Gasteiger charge is -2.05. The number of hydrogen-bond acceptors (Lipinski definition) is 4. The topological polar surface area (TPSA) is 89.3 Å². The molecule has 0 radical (unpaired) electrons. The summed E-state index contributed by atoms with van der Waals surface area (Å²) in [5.74, 6) is -0.262. The van der Waals surface area contributed by atoms with Crippen molar-refractivity contribution in [3.63, 3.8) is 0 Å². The van der Waals surface area contributed by atoms with E-state index in [0.717, 1.165) is 0 Å². The summed E-state index contributed by atoms with van der Waals surface area (Å²) in [6.07, 6.45) is 0. The molecule has 0 atom stereocenters. The van der Waals surface area contributed by atoms with Gasteiger partial charge in [0, 0.05) is 11.6 Å². The second kappa shape index (κ2) is 2.73. The highest BCUT2D eigenvalue weighted by Crippen LogP contribution is 2.26. The van der Waals surface area contributed by atoms with Crippen molar-refractivity contribution in [3.05, 3.63) is 17.7 Å². The summed E-state index contributed by atoms with van der Waals surface area (Å²) in [5.41, 5.74) is 11.6. The van der Waals surface area contributed by atoms with E-state index in [1.165, 1.54) is 19.1 Å². The Morgan fingerprint density at radius 3 is 2.50 bits per heavy atom. The van der Waals surface area contributed by atoms with E-state index in [4.69, 9.17) is 16.6 Å². The monoisotopic (exact) mass is 166 g/mol. The van der Waals surface area contributed by atoms with E-state index in [0.29, 0.717) is 0 Å². The normalized spacial score (nSPS) is 9.75. The minimum atomic E-state index is -0.213. The molecule has 1 aromatic carbocycles. The molecule has 1 rings (SSSR count). The van der Waals surface area contributed by atoms with Gasteiger partial charge in [0.1, 0.15) is 5.75 Å². The van der Waals surface area contributed by atoms with Crippen molar-refractivity contribution in [2.45, 2.75) is 6.92 Å². The predicted octanol–water partition coefficient (Wildman–Crippen LogP) is 0.759. The number of phenols is 1. The molecule has 0 aromatic heterocycles. The molecule has 0 heterocycles. The summed E-state index contributed by atoms with van der Waals surface area (Å²) in [6, 6.07) is 2.61. The van der Waals surface area contributed by atoms with Crippen molar-refractivity contribution in [2.75, 3.05) is 11.5 Å². The first-order valence-corrected chi connectivity index (χ1v) is 3.41. The van der Waals surface area contributed by atoms with Gasteiger partial charge in [0.15, 0.2) is 5.78 Å². The summed E-state index contributed by atoms with van der Waals surface area (Å²) >= 11 is 0. The van der Waals surface area contributed by atoms with Crippen molar-refractivity contribution in [1.82, 2.24) is 0 Å². The zero-order valence-electron chi connectivity index (χ0n) is 6.66. The van der Waals surface area contributed by atoms with E-state index < -0.39 is 0 Å². The van der Waals surface area contributed by atoms with Gasteiger partial charge >= 0.3 is 0 Å². The van der Waals surface area contributed by atoms with Crippen molar-refractivity contribution in [1.29, 1.82) is 0 Å². The van der Waals surface area contributed by atoms with E-state index in [9.17, 15) is 4.79 Å². The van der Waals surface area contributed by atoms with E-state index in [1.54, 1.807) is 0 Å². The lowest BCUT2D eigenvalue weighted by Crippen LogP contribution is -2.03. The predicted molar refractivity (Wildman–Crippen MR) is 46.9 cm³/mol. The summed E-state index contributed by atoms with van der Waals surface area (Å²) < 4.78 is 0. The van der Waals surface area contributed by atoms with Crippen molar-refractivity contribution in [3.8, 4) is 5.75 Å². The Bertz CT molecular complexity index is 334. The van der Waals surface area contributed by atoms with Gasteiger partial charge in [0.25, 0.3) is 0 Å². The molecule has 0 bridgehead atoms. The van der Waals surface area contributed by atoms with Gasteiger partial charge in [-0.25, -0.2) is 0 Å². The summed E-state index contributed by atoms with van der Waals surface area (Å²) in [7, 11) is 0. The molecular weight excluding hydrogens is 156 g/mol. The number of nitrogens with two attached hydrogens (primary N) is 2. The number of rotatable bonds is 1. The zero-order valence-corrected chi connectivity index (χ0v) is 6.66. The Morgan fingerprint density at radius 2 is 2.00 bits per heavy atom. The highest BCUT2D eigenvalue weighted by Gasteiger charge is 2.08. The Hall–Kier alpha value is -1.71. The molecule has 0 amide bonds. The number of hydrogen-bond donors (Lipinski definition) is 3. The van der Waals surface area contributed by atoms with Crippen molar-refractivity contribution in [2.24, 2.45) is 0 Å². The lowest BCUT2D eigenvalue weighted by molar-refractivity contribution is 0.101. The van der Waals surface area contributed by atoms with Crippen LogP contribution in [-0.2, 0) is 0 Å². The van der Waals surface area contributed by atoms with Crippen molar-refractivity contribution < 1.29 is 9.90 Å². The van der Waals surface area contributed by atoms with E-state index in [1.807, 2.05) is 0 Å². The molecule has 0 fully saturated rings. The van der Waals surface area contributed by atoms with E-state index in [-0.39, 0.29) is 28.5 Å². The van der Waals surface area contributed by atoms with Gasteiger partial charge in [-0.3, -0.25) is 4.79 Å². The minimum absolute atomic E-state index is 0.0492. The van der Waals surface area contributed by atoms with Crippen molar-refractivity contribution >= 4 is 17.2 Å². The Kier molecular flexibility index (Phi) is 1.91. The van der Waals surface area contributed by atoms with E-state index in [2.05, 4.69) is 0 Å². The molecule has 0 saturated carbocycles. The molecule has 0 spiro atoms. The number of aromatic hydroxyl groups is 1. The van der Waals surface area contributed by atoms with Crippen LogP contribution in [0.1, 0.15) is 17.3 Å². The quantitative estimate of drug-likeness (QED) is 0.326. The van der Waals surface area contributed by atoms with Crippen LogP contribution in [0, 0.1) is 0 Å². The molecule has 12 heavy (non-hydrogen) atoms. The SMILES string of the molecule is CC(=O)c1cc(O)cc(N)c1N. The molecule has 5 N–H and O–H groups in total. The number of carbonyl (C=O) groups excluding carboxylic acids is 1. The minimum Gasteiger partial charge on any atom is -0.508 e. The van der Waals surface area contributed by atoms with Gasteiger partial charge < -0.3 is 16.6 Å². The van der Waals surface area contributed by atoms with Crippen LogP contribution in [0.25, 0.3) is 0 Å². The van der Waals surface area contributed by atoms with E-state index >= 15 is 0 Å². The third kappa shape index (κ3) is 1.32. The molecule has 0 aliphatic heterocycles.